The molecule has 3 rings (SSSR count). The number of aromatic nitrogens is 3. The second kappa shape index (κ2) is 4.74. The summed E-state index contributed by atoms with van der Waals surface area (Å²) in [5.74, 6) is -1.01. The summed E-state index contributed by atoms with van der Waals surface area (Å²) < 4.78 is 83.7. The third kappa shape index (κ3) is 2.21. The first kappa shape index (κ1) is 16.8. The van der Waals surface area contributed by atoms with Gasteiger partial charge in [-0.25, -0.2) is 4.98 Å². The van der Waals surface area contributed by atoms with Gasteiger partial charge in [-0.1, -0.05) is 5.16 Å². The molecule has 132 valence electrons. The van der Waals surface area contributed by atoms with Crippen LogP contribution in [0.1, 0.15) is 37.0 Å². The van der Waals surface area contributed by atoms with E-state index in [9.17, 15) is 31.4 Å². The number of imidazole rings is 1. The fourth-order valence-electron chi connectivity index (χ4n) is 2.77. The summed E-state index contributed by atoms with van der Waals surface area (Å²) in [6.45, 7) is 1.96. The van der Waals surface area contributed by atoms with Crippen LogP contribution in [0.2, 0.25) is 0 Å². The maximum atomic E-state index is 13.1. The Balaban J connectivity index is 2.19. The molecule has 0 amide bonds. The molecule has 5 nitrogen and oxygen atoms in total. The van der Waals surface area contributed by atoms with E-state index in [1.54, 1.807) is 0 Å². The van der Waals surface area contributed by atoms with Crippen molar-refractivity contribution in [3.8, 4) is 11.5 Å². The molecule has 0 spiro atoms. The third-order valence-electron chi connectivity index (χ3n) is 4.01. The van der Waals surface area contributed by atoms with Gasteiger partial charge in [-0.3, -0.25) is 0 Å². The van der Waals surface area contributed by atoms with Crippen molar-refractivity contribution in [2.75, 3.05) is 0 Å². The minimum Gasteiger partial charge on any atom is -0.374 e. The first-order valence-electron chi connectivity index (χ1n) is 6.78. The Labute approximate surface area is 130 Å². The summed E-state index contributed by atoms with van der Waals surface area (Å²) in [6.07, 6.45) is -9.06. The lowest BCUT2D eigenvalue weighted by Gasteiger charge is -2.30. The van der Waals surface area contributed by atoms with Crippen molar-refractivity contribution in [1.82, 2.24) is 14.7 Å². The molecule has 11 heteroatoms. The van der Waals surface area contributed by atoms with Crippen molar-refractivity contribution >= 4 is 0 Å². The van der Waals surface area contributed by atoms with Gasteiger partial charge in [-0.05, 0) is 20.3 Å². The van der Waals surface area contributed by atoms with Crippen molar-refractivity contribution in [1.29, 1.82) is 0 Å². The number of hydrogen-bond acceptors (Lipinski definition) is 4. The van der Waals surface area contributed by atoms with Crippen LogP contribution in [0.4, 0.5) is 26.3 Å². The number of rotatable bonds is 1. The van der Waals surface area contributed by atoms with E-state index in [2.05, 4.69) is 10.1 Å². The molecular formula is C13H11F6N3O2. The lowest BCUT2D eigenvalue weighted by atomic mass is 9.97. The summed E-state index contributed by atoms with van der Waals surface area (Å²) in [5, 5.41) is 12.8. The molecule has 0 aliphatic carbocycles. The van der Waals surface area contributed by atoms with E-state index in [1.165, 1.54) is 6.92 Å². The molecule has 2 aromatic rings. The lowest BCUT2D eigenvalue weighted by Crippen LogP contribution is -2.42. The van der Waals surface area contributed by atoms with Crippen LogP contribution in [0.3, 0.4) is 0 Å². The van der Waals surface area contributed by atoms with Crippen molar-refractivity contribution in [2.45, 2.75) is 44.3 Å². The largest absolute Gasteiger partial charge is 0.437 e. The van der Waals surface area contributed by atoms with E-state index in [0.717, 1.165) is 10.8 Å². The second-order valence-electron chi connectivity index (χ2n) is 5.80. The highest BCUT2D eigenvalue weighted by atomic mass is 19.4. The van der Waals surface area contributed by atoms with Gasteiger partial charge in [0.15, 0.2) is 17.3 Å². The molecule has 24 heavy (non-hydrogen) atoms. The Kier molecular flexibility index (Phi) is 3.32. The Bertz CT molecular complexity index is 787. The number of nitrogens with zero attached hydrogens (tertiary/aromatic N) is 3. The first-order chi connectivity index (χ1) is 10.9. The van der Waals surface area contributed by atoms with Gasteiger partial charge in [0.2, 0.25) is 5.60 Å². The normalized spacial score (nSPS) is 20.5. The molecule has 1 N–H and O–H groups in total. The maximum Gasteiger partial charge on any atom is 0.437 e. The molecule has 0 unspecified atom stereocenters. The summed E-state index contributed by atoms with van der Waals surface area (Å²) in [4.78, 5) is 3.58. The standard InChI is InChI=1S/C13H11F6N3O2/c1-5-3-6-8(24-21-9(6)12(14,15)16)7-4-20-10(22(5)7)11(2,23)13(17,18)19/h4-5,23H,3H2,1-2H3/t5-,11+/m1/s1. The van der Waals surface area contributed by atoms with Crippen molar-refractivity contribution in [2.24, 2.45) is 0 Å². The van der Waals surface area contributed by atoms with E-state index < -0.39 is 35.5 Å². The highest BCUT2D eigenvalue weighted by Crippen LogP contribution is 2.45. The van der Waals surface area contributed by atoms with Crippen molar-refractivity contribution in [3.05, 3.63) is 23.3 Å². The molecule has 2 aromatic heterocycles. The monoisotopic (exact) mass is 355 g/mol. The molecule has 0 saturated carbocycles. The molecule has 0 radical (unpaired) electrons. The van der Waals surface area contributed by atoms with E-state index >= 15 is 0 Å². The summed E-state index contributed by atoms with van der Waals surface area (Å²) in [6, 6.07) is -0.806. The van der Waals surface area contributed by atoms with Gasteiger partial charge in [0.05, 0.1) is 6.20 Å². The van der Waals surface area contributed by atoms with Gasteiger partial charge in [-0.2, -0.15) is 26.3 Å². The van der Waals surface area contributed by atoms with Crippen molar-refractivity contribution < 1.29 is 36.0 Å². The summed E-state index contributed by atoms with van der Waals surface area (Å²) in [5.41, 5.74) is -4.79. The SMILES string of the molecule is C[C@@H]1Cc2c(C(F)(F)F)noc2-c2cnc([C@](C)(O)C(F)(F)F)n21. The van der Waals surface area contributed by atoms with Crippen LogP contribution < -0.4 is 0 Å². The quantitative estimate of drug-likeness (QED) is 0.796. The number of fused-ring (bicyclic) bond motifs is 3. The Morgan fingerprint density at radius 2 is 1.88 bits per heavy atom. The fourth-order valence-corrected chi connectivity index (χ4v) is 2.77. The molecule has 0 bridgehead atoms. The molecule has 2 atom stereocenters. The zero-order valence-corrected chi connectivity index (χ0v) is 12.3. The Hall–Kier alpha value is -2.04. The molecule has 0 saturated heterocycles. The van der Waals surface area contributed by atoms with Gasteiger partial charge in [0.25, 0.3) is 0 Å². The smallest absolute Gasteiger partial charge is 0.374 e. The number of hydrogen-bond donors (Lipinski definition) is 1. The molecule has 1 aliphatic rings. The van der Waals surface area contributed by atoms with Crippen molar-refractivity contribution in [3.63, 3.8) is 0 Å². The highest BCUT2D eigenvalue weighted by Gasteiger charge is 2.55. The van der Waals surface area contributed by atoms with Crippen LogP contribution >= 0.6 is 0 Å². The molecule has 0 fully saturated rings. The van der Waals surface area contributed by atoms with Crippen LogP contribution in [0, 0.1) is 0 Å². The van der Waals surface area contributed by atoms with Crippen LogP contribution in [0.5, 0.6) is 0 Å². The highest BCUT2D eigenvalue weighted by molar-refractivity contribution is 5.61. The Morgan fingerprint density at radius 3 is 2.42 bits per heavy atom. The van der Waals surface area contributed by atoms with E-state index in [4.69, 9.17) is 4.52 Å². The number of aliphatic hydroxyl groups is 1. The lowest BCUT2D eigenvalue weighted by molar-refractivity contribution is -0.262. The first-order valence-corrected chi connectivity index (χ1v) is 6.78. The summed E-state index contributed by atoms with van der Waals surface area (Å²) in [7, 11) is 0. The van der Waals surface area contributed by atoms with Crippen LogP contribution in [0.25, 0.3) is 11.5 Å². The van der Waals surface area contributed by atoms with E-state index in [0.29, 0.717) is 6.92 Å². The summed E-state index contributed by atoms with van der Waals surface area (Å²) >= 11 is 0. The average Bonchev–Trinajstić information content (AvgIpc) is 2.99. The zero-order chi connectivity index (χ0) is 18.1. The van der Waals surface area contributed by atoms with Gasteiger partial charge < -0.3 is 14.2 Å². The molecule has 3 heterocycles. The predicted molar refractivity (Wildman–Crippen MR) is 66.8 cm³/mol. The maximum absolute atomic E-state index is 13.1. The van der Waals surface area contributed by atoms with Gasteiger partial charge in [-0.15, -0.1) is 0 Å². The van der Waals surface area contributed by atoms with Crippen LogP contribution in [0.15, 0.2) is 10.7 Å². The van der Waals surface area contributed by atoms with Gasteiger partial charge in [0, 0.05) is 11.6 Å². The van der Waals surface area contributed by atoms with Crippen LogP contribution in [-0.4, -0.2) is 26.0 Å². The topological polar surface area (TPSA) is 64.1 Å². The average molecular weight is 355 g/mol. The number of halogens is 6. The fraction of sp³-hybridized carbons (Fsp3) is 0.538. The minimum atomic E-state index is -5.01. The predicted octanol–water partition coefficient (Wildman–Crippen LogP) is 3.44. The molecule has 0 aromatic carbocycles. The minimum absolute atomic E-state index is 0.0914. The number of alkyl halides is 6. The zero-order valence-electron chi connectivity index (χ0n) is 12.3. The van der Waals surface area contributed by atoms with E-state index in [1.807, 2.05) is 0 Å². The Morgan fingerprint density at radius 1 is 1.25 bits per heavy atom. The molecule has 1 aliphatic heterocycles. The van der Waals surface area contributed by atoms with E-state index in [-0.39, 0.29) is 23.4 Å². The van der Waals surface area contributed by atoms with Gasteiger partial charge in [0.1, 0.15) is 5.69 Å². The van der Waals surface area contributed by atoms with Gasteiger partial charge >= 0.3 is 12.4 Å². The van der Waals surface area contributed by atoms with Crippen LogP contribution in [-0.2, 0) is 18.2 Å². The second-order valence-corrected chi connectivity index (χ2v) is 5.80. The molecular weight excluding hydrogens is 344 g/mol. The third-order valence-corrected chi connectivity index (χ3v) is 4.01.